The summed E-state index contributed by atoms with van der Waals surface area (Å²) in [5.41, 5.74) is 0. The van der Waals surface area contributed by atoms with E-state index < -0.39 is 0 Å². The van der Waals surface area contributed by atoms with E-state index in [0.717, 1.165) is 18.8 Å². The molecule has 0 aliphatic heterocycles. The topological polar surface area (TPSA) is 48.0 Å². The number of carbonyl (C=O) groups excluding carboxylic acids is 1. The second kappa shape index (κ2) is 5.31. The van der Waals surface area contributed by atoms with E-state index in [1.165, 1.54) is 0 Å². The van der Waals surface area contributed by atoms with Gasteiger partial charge in [-0.05, 0) is 34.5 Å². The van der Waals surface area contributed by atoms with Gasteiger partial charge in [0.1, 0.15) is 5.82 Å². The first-order chi connectivity index (χ1) is 8.20. The Labute approximate surface area is 108 Å². The van der Waals surface area contributed by atoms with E-state index in [1.807, 2.05) is 10.8 Å². The average molecular weight is 297 g/mol. The summed E-state index contributed by atoms with van der Waals surface area (Å²) in [4.78, 5) is 16.1. The fraction of sp³-hybridized carbons (Fsp3) is 0.333. The number of rotatable bonds is 5. The predicted molar refractivity (Wildman–Crippen MR) is 67.0 cm³/mol. The van der Waals surface area contributed by atoms with Crippen molar-refractivity contribution in [3.63, 3.8) is 0 Å². The number of imidazole rings is 1. The molecule has 4 nitrogen and oxygen atoms in total. The first-order valence-corrected chi connectivity index (χ1v) is 6.28. The standard InChI is InChI=1S/C12H13BrN2O2/c1-2-6-15-7-5-14-12(15)8-9(16)10-3-4-11(13)17-10/h3-5,7H,2,6,8H2,1H3. The highest BCUT2D eigenvalue weighted by Gasteiger charge is 2.14. The molecule has 90 valence electrons. The van der Waals surface area contributed by atoms with Crippen molar-refractivity contribution in [2.45, 2.75) is 26.3 Å². The molecule has 0 bridgehead atoms. The molecule has 2 aromatic rings. The SMILES string of the molecule is CCCn1ccnc1CC(=O)c1ccc(Br)o1. The van der Waals surface area contributed by atoms with E-state index in [4.69, 9.17) is 4.42 Å². The Morgan fingerprint density at radius 1 is 1.53 bits per heavy atom. The molecule has 2 heterocycles. The van der Waals surface area contributed by atoms with Gasteiger partial charge in [0.05, 0.1) is 6.42 Å². The highest BCUT2D eigenvalue weighted by molar-refractivity contribution is 9.10. The molecule has 0 amide bonds. The molecule has 0 saturated heterocycles. The minimum absolute atomic E-state index is 0.0562. The molecule has 2 rings (SSSR count). The van der Waals surface area contributed by atoms with Gasteiger partial charge in [0.2, 0.25) is 5.78 Å². The number of halogens is 1. The summed E-state index contributed by atoms with van der Waals surface area (Å²) in [5.74, 6) is 1.09. The lowest BCUT2D eigenvalue weighted by Gasteiger charge is -2.04. The molecule has 0 saturated carbocycles. The van der Waals surface area contributed by atoms with Crippen LogP contribution < -0.4 is 0 Å². The first kappa shape index (κ1) is 12.1. The molecule has 0 spiro atoms. The highest BCUT2D eigenvalue weighted by atomic mass is 79.9. The third-order valence-corrected chi connectivity index (χ3v) is 2.86. The van der Waals surface area contributed by atoms with Gasteiger partial charge in [-0.1, -0.05) is 6.92 Å². The van der Waals surface area contributed by atoms with Crippen molar-refractivity contribution in [1.29, 1.82) is 0 Å². The zero-order valence-corrected chi connectivity index (χ0v) is 11.1. The lowest BCUT2D eigenvalue weighted by atomic mass is 10.2. The fourth-order valence-corrected chi connectivity index (χ4v) is 1.95. The Morgan fingerprint density at radius 2 is 2.35 bits per heavy atom. The van der Waals surface area contributed by atoms with Gasteiger partial charge in [-0.25, -0.2) is 4.98 Å². The summed E-state index contributed by atoms with van der Waals surface area (Å²) >= 11 is 3.18. The van der Waals surface area contributed by atoms with Gasteiger partial charge < -0.3 is 8.98 Å². The summed E-state index contributed by atoms with van der Waals surface area (Å²) in [6.45, 7) is 2.97. The number of nitrogens with zero attached hydrogens (tertiary/aromatic N) is 2. The maximum Gasteiger partial charge on any atom is 0.205 e. The Morgan fingerprint density at radius 3 is 3.00 bits per heavy atom. The van der Waals surface area contributed by atoms with E-state index >= 15 is 0 Å². The molecule has 0 radical (unpaired) electrons. The minimum Gasteiger partial charge on any atom is -0.446 e. The molecular weight excluding hydrogens is 284 g/mol. The quantitative estimate of drug-likeness (QED) is 0.797. The number of aryl methyl sites for hydroxylation is 1. The van der Waals surface area contributed by atoms with Crippen molar-refractivity contribution in [2.24, 2.45) is 0 Å². The summed E-state index contributed by atoms with van der Waals surface area (Å²) in [7, 11) is 0. The van der Waals surface area contributed by atoms with Gasteiger partial charge in [0.25, 0.3) is 0 Å². The zero-order valence-electron chi connectivity index (χ0n) is 9.52. The fourth-order valence-electron chi connectivity index (χ4n) is 1.65. The van der Waals surface area contributed by atoms with Gasteiger partial charge >= 0.3 is 0 Å². The maximum absolute atomic E-state index is 11.9. The number of hydrogen-bond acceptors (Lipinski definition) is 3. The van der Waals surface area contributed by atoms with Crippen molar-refractivity contribution in [3.8, 4) is 0 Å². The molecule has 17 heavy (non-hydrogen) atoms. The predicted octanol–water partition coefficient (Wildman–Crippen LogP) is 3.07. The molecule has 0 unspecified atom stereocenters. The highest BCUT2D eigenvalue weighted by Crippen LogP contribution is 2.16. The number of aromatic nitrogens is 2. The molecule has 0 aliphatic rings. The number of carbonyl (C=O) groups is 1. The van der Waals surface area contributed by atoms with Gasteiger partial charge in [0.15, 0.2) is 10.4 Å². The molecule has 0 aliphatic carbocycles. The van der Waals surface area contributed by atoms with Crippen LogP contribution in [0, 0.1) is 0 Å². The summed E-state index contributed by atoms with van der Waals surface area (Å²) < 4.78 is 7.79. The van der Waals surface area contributed by atoms with Crippen LogP contribution in [0.2, 0.25) is 0 Å². The molecule has 0 aromatic carbocycles. The number of hydrogen-bond donors (Lipinski definition) is 0. The Balaban J connectivity index is 2.10. The van der Waals surface area contributed by atoms with E-state index in [1.54, 1.807) is 18.3 Å². The van der Waals surface area contributed by atoms with Gasteiger partial charge in [-0.15, -0.1) is 0 Å². The van der Waals surface area contributed by atoms with Crippen LogP contribution in [0.4, 0.5) is 0 Å². The molecule has 0 N–H and O–H groups in total. The molecule has 0 atom stereocenters. The molecule has 0 fully saturated rings. The third kappa shape index (κ3) is 2.85. The van der Waals surface area contributed by atoms with Gasteiger partial charge in [-0.2, -0.15) is 0 Å². The van der Waals surface area contributed by atoms with Crippen LogP contribution in [-0.2, 0) is 13.0 Å². The van der Waals surface area contributed by atoms with Gasteiger partial charge in [0, 0.05) is 18.9 Å². The normalized spacial score (nSPS) is 10.7. The summed E-state index contributed by atoms with van der Waals surface area (Å²) in [6, 6.07) is 3.38. The van der Waals surface area contributed by atoms with Crippen LogP contribution in [0.15, 0.2) is 33.6 Å². The van der Waals surface area contributed by atoms with Crippen molar-refractivity contribution < 1.29 is 9.21 Å². The van der Waals surface area contributed by atoms with Crippen LogP contribution in [0.3, 0.4) is 0 Å². The smallest absolute Gasteiger partial charge is 0.205 e. The molecule has 2 aromatic heterocycles. The number of ketones is 1. The number of Topliss-reactive ketones (excluding diaryl/α,β-unsaturated/α-hetero) is 1. The zero-order chi connectivity index (χ0) is 12.3. The van der Waals surface area contributed by atoms with E-state index in [2.05, 4.69) is 27.8 Å². The molecule has 5 heteroatoms. The number of furan rings is 1. The first-order valence-electron chi connectivity index (χ1n) is 5.49. The average Bonchev–Trinajstić information content (AvgIpc) is 2.89. The van der Waals surface area contributed by atoms with Crippen LogP contribution in [0.1, 0.15) is 29.7 Å². The Bertz CT molecular complexity index is 516. The Hall–Kier alpha value is -1.36. The second-order valence-corrected chi connectivity index (χ2v) is 4.52. The lowest BCUT2D eigenvalue weighted by Crippen LogP contribution is -2.09. The third-order valence-electron chi connectivity index (χ3n) is 2.43. The lowest BCUT2D eigenvalue weighted by molar-refractivity contribution is 0.0962. The van der Waals surface area contributed by atoms with Crippen LogP contribution in [0.25, 0.3) is 0 Å². The molecular formula is C12H13BrN2O2. The van der Waals surface area contributed by atoms with Crippen molar-refractivity contribution in [1.82, 2.24) is 9.55 Å². The minimum atomic E-state index is -0.0562. The largest absolute Gasteiger partial charge is 0.446 e. The van der Waals surface area contributed by atoms with Crippen molar-refractivity contribution in [2.75, 3.05) is 0 Å². The summed E-state index contributed by atoms with van der Waals surface area (Å²) in [6.07, 6.45) is 4.90. The van der Waals surface area contributed by atoms with Crippen LogP contribution >= 0.6 is 15.9 Å². The van der Waals surface area contributed by atoms with E-state index in [0.29, 0.717) is 10.4 Å². The van der Waals surface area contributed by atoms with Crippen molar-refractivity contribution in [3.05, 3.63) is 40.8 Å². The van der Waals surface area contributed by atoms with Crippen molar-refractivity contribution >= 4 is 21.7 Å². The van der Waals surface area contributed by atoms with Crippen LogP contribution in [-0.4, -0.2) is 15.3 Å². The second-order valence-electron chi connectivity index (χ2n) is 3.74. The van der Waals surface area contributed by atoms with E-state index in [-0.39, 0.29) is 12.2 Å². The van der Waals surface area contributed by atoms with E-state index in [9.17, 15) is 4.79 Å². The monoisotopic (exact) mass is 296 g/mol. The van der Waals surface area contributed by atoms with Gasteiger partial charge in [-0.3, -0.25) is 4.79 Å². The Kier molecular flexibility index (Phi) is 3.78. The summed E-state index contributed by atoms with van der Waals surface area (Å²) in [5, 5.41) is 0. The maximum atomic E-state index is 11.9. The van der Waals surface area contributed by atoms with Crippen LogP contribution in [0.5, 0.6) is 0 Å².